The minimum absolute atomic E-state index is 0.674. The molecule has 0 amide bonds. The van der Waals surface area contributed by atoms with Gasteiger partial charge in [0.1, 0.15) is 0 Å². The summed E-state index contributed by atoms with van der Waals surface area (Å²) >= 11 is 1.62. The van der Waals surface area contributed by atoms with Gasteiger partial charge in [-0.2, -0.15) is 0 Å². The van der Waals surface area contributed by atoms with E-state index in [4.69, 9.17) is 4.74 Å². The van der Waals surface area contributed by atoms with Gasteiger partial charge in [0.05, 0.1) is 17.8 Å². The Balaban J connectivity index is 1.96. The van der Waals surface area contributed by atoms with Crippen molar-refractivity contribution in [3.05, 3.63) is 16.6 Å². The van der Waals surface area contributed by atoms with Crippen LogP contribution in [0.1, 0.15) is 31.9 Å². The molecule has 0 atom stereocenters. The molecule has 0 aliphatic carbocycles. The molecule has 0 aliphatic rings. The quantitative estimate of drug-likeness (QED) is 0.636. The van der Waals surface area contributed by atoms with Gasteiger partial charge < -0.3 is 4.74 Å². The molecule has 3 heteroatoms. The summed E-state index contributed by atoms with van der Waals surface area (Å²) in [5.74, 6) is 0. The van der Waals surface area contributed by atoms with Crippen LogP contribution < -0.4 is 0 Å². The van der Waals surface area contributed by atoms with Crippen LogP contribution in [0.4, 0.5) is 0 Å². The smallest absolute Gasteiger partial charge is 0.0896 e. The molecule has 0 fully saturated rings. The minimum atomic E-state index is 0.674. The van der Waals surface area contributed by atoms with Gasteiger partial charge in [-0.25, -0.2) is 4.98 Å². The SMILES string of the molecule is CCCCCOCc1cscn1. The summed E-state index contributed by atoms with van der Waals surface area (Å²) in [6, 6.07) is 0. The zero-order valence-electron chi connectivity index (χ0n) is 7.45. The third-order valence-electron chi connectivity index (χ3n) is 1.63. The van der Waals surface area contributed by atoms with Crippen LogP contribution in [-0.2, 0) is 11.3 Å². The van der Waals surface area contributed by atoms with E-state index < -0.39 is 0 Å². The monoisotopic (exact) mass is 185 g/mol. The molecule has 1 heterocycles. The second kappa shape index (κ2) is 6.14. The van der Waals surface area contributed by atoms with Crippen LogP contribution in [0, 0.1) is 0 Å². The average Bonchev–Trinajstić information content (AvgIpc) is 2.57. The first kappa shape index (κ1) is 9.68. The Morgan fingerprint density at radius 1 is 1.50 bits per heavy atom. The number of thiazole rings is 1. The fraction of sp³-hybridized carbons (Fsp3) is 0.667. The Morgan fingerprint density at radius 3 is 3.08 bits per heavy atom. The summed E-state index contributed by atoms with van der Waals surface area (Å²) in [6.07, 6.45) is 3.68. The van der Waals surface area contributed by atoms with Crippen LogP contribution in [0.3, 0.4) is 0 Å². The first-order valence-corrected chi connectivity index (χ1v) is 5.32. The number of hydrogen-bond acceptors (Lipinski definition) is 3. The zero-order chi connectivity index (χ0) is 8.65. The zero-order valence-corrected chi connectivity index (χ0v) is 8.27. The van der Waals surface area contributed by atoms with Crippen molar-refractivity contribution in [1.29, 1.82) is 0 Å². The lowest BCUT2D eigenvalue weighted by Gasteiger charge is -2.00. The van der Waals surface area contributed by atoms with E-state index in [0.717, 1.165) is 12.3 Å². The van der Waals surface area contributed by atoms with Crippen molar-refractivity contribution in [2.24, 2.45) is 0 Å². The largest absolute Gasteiger partial charge is 0.375 e. The fourth-order valence-electron chi connectivity index (χ4n) is 0.940. The van der Waals surface area contributed by atoms with Crippen molar-refractivity contribution in [2.75, 3.05) is 6.61 Å². The van der Waals surface area contributed by atoms with E-state index in [2.05, 4.69) is 11.9 Å². The van der Waals surface area contributed by atoms with E-state index in [1.807, 2.05) is 10.9 Å². The highest BCUT2D eigenvalue weighted by Crippen LogP contribution is 2.03. The van der Waals surface area contributed by atoms with Crippen molar-refractivity contribution < 1.29 is 4.74 Å². The van der Waals surface area contributed by atoms with Crippen molar-refractivity contribution in [1.82, 2.24) is 4.98 Å². The van der Waals surface area contributed by atoms with E-state index in [1.165, 1.54) is 19.3 Å². The second-order valence-corrected chi connectivity index (χ2v) is 3.46. The summed E-state index contributed by atoms with van der Waals surface area (Å²) in [5.41, 5.74) is 2.89. The Morgan fingerprint density at radius 2 is 2.42 bits per heavy atom. The molecule has 68 valence electrons. The number of rotatable bonds is 6. The highest BCUT2D eigenvalue weighted by molar-refractivity contribution is 7.07. The standard InChI is InChI=1S/C9H15NOS/c1-2-3-4-5-11-6-9-7-12-8-10-9/h7-8H,2-6H2,1H3. The van der Waals surface area contributed by atoms with Gasteiger partial charge in [-0.3, -0.25) is 0 Å². The summed E-state index contributed by atoms with van der Waals surface area (Å²) in [6.45, 7) is 3.74. The maximum atomic E-state index is 5.42. The molecule has 2 nitrogen and oxygen atoms in total. The van der Waals surface area contributed by atoms with E-state index in [1.54, 1.807) is 11.3 Å². The molecule has 1 rings (SSSR count). The van der Waals surface area contributed by atoms with Crippen molar-refractivity contribution in [3.63, 3.8) is 0 Å². The normalized spacial score (nSPS) is 10.4. The summed E-state index contributed by atoms with van der Waals surface area (Å²) in [4.78, 5) is 4.13. The van der Waals surface area contributed by atoms with E-state index in [9.17, 15) is 0 Å². The van der Waals surface area contributed by atoms with Crippen molar-refractivity contribution in [2.45, 2.75) is 32.8 Å². The molecular weight excluding hydrogens is 170 g/mol. The topological polar surface area (TPSA) is 22.1 Å². The van der Waals surface area contributed by atoms with Gasteiger partial charge in [0.25, 0.3) is 0 Å². The predicted octanol–water partition coefficient (Wildman–Crippen LogP) is 2.85. The Hall–Kier alpha value is -0.410. The van der Waals surface area contributed by atoms with E-state index in [0.29, 0.717) is 6.61 Å². The van der Waals surface area contributed by atoms with Crippen LogP contribution in [0.5, 0.6) is 0 Å². The maximum Gasteiger partial charge on any atom is 0.0896 e. The van der Waals surface area contributed by atoms with Gasteiger partial charge in [0.2, 0.25) is 0 Å². The lowest BCUT2D eigenvalue weighted by Crippen LogP contribution is -1.95. The van der Waals surface area contributed by atoms with Crippen molar-refractivity contribution in [3.8, 4) is 0 Å². The molecule has 0 aliphatic heterocycles. The van der Waals surface area contributed by atoms with Crippen LogP contribution in [0.2, 0.25) is 0 Å². The molecule has 12 heavy (non-hydrogen) atoms. The Labute approximate surface area is 77.6 Å². The summed E-state index contributed by atoms with van der Waals surface area (Å²) in [5, 5.41) is 2.03. The minimum Gasteiger partial charge on any atom is -0.375 e. The number of ether oxygens (including phenoxy) is 1. The molecule has 0 saturated heterocycles. The summed E-state index contributed by atoms with van der Waals surface area (Å²) in [7, 11) is 0. The van der Waals surface area contributed by atoms with Crippen molar-refractivity contribution >= 4 is 11.3 Å². The second-order valence-electron chi connectivity index (χ2n) is 2.74. The van der Waals surface area contributed by atoms with Gasteiger partial charge in [-0.05, 0) is 6.42 Å². The maximum absolute atomic E-state index is 5.42. The Kier molecular flexibility index (Phi) is 4.95. The Bertz CT molecular complexity index is 186. The lowest BCUT2D eigenvalue weighted by atomic mass is 10.3. The number of unbranched alkanes of at least 4 members (excludes halogenated alkanes) is 2. The highest BCUT2D eigenvalue weighted by atomic mass is 32.1. The molecule has 0 spiro atoms. The van der Waals surface area contributed by atoms with Gasteiger partial charge in [-0.1, -0.05) is 19.8 Å². The van der Waals surface area contributed by atoms with Crippen LogP contribution in [-0.4, -0.2) is 11.6 Å². The first-order chi connectivity index (χ1) is 5.93. The van der Waals surface area contributed by atoms with Gasteiger partial charge >= 0.3 is 0 Å². The molecule has 0 N–H and O–H groups in total. The molecular formula is C9H15NOS. The van der Waals surface area contributed by atoms with Crippen LogP contribution in [0.25, 0.3) is 0 Å². The first-order valence-electron chi connectivity index (χ1n) is 4.38. The van der Waals surface area contributed by atoms with E-state index >= 15 is 0 Å². The third-order valence-corrected chi connectivity index (χ3v) is 2.26. The molecule has 1 aromatic heterocycles. The van der Waals surface area contributed by atoms with E-state index in [-0.39, 0.29) is 0 Å². The number of nitrogens with zero attached hydrogens (tertiary/aromatic N) is 1. The highest BCUT2D eigenvalue weighted by Gasteiger charge is 1.93. The number of aromatic nitrogens is 1. The molecule has 0 aromatic carbocycles. The van der Waals surface area contributed by atoms with Gasteiger partial charge in [0.15, 0.2) is 0 Å². The van der Waals surface area contributed by atoms with Gasteiger partial charge in [-0.15, -0.1) is 11.3 Å². The molecule has 1 aromatic rings. The molecule has 0 saturated carbocycles. The lowest BCUT2D eigenvalue weighted by molar-refractivity contribution is 0.115. The third kappa shape index (κ3) is 3.83. The van der Waals surface area contributed by atoms with Crippen LogP contribution >= 0.6 is 11.3 Å². The van der Waals surface area contributed by atoms with Gasteiger partial charge in [0, 0.05) is 12.0 Å². The molecule has 0 radical (unpaired) electrons. The summed E-state index contributed by atoms with van der Waals surface area (Å²) < 4.78 is 5.42. The molecule has 0 bridgehead atoms. The fourth-order valence-corrected chi connectivity index (χ4v) is 1.48. The van der Waals surface area contributed by atoms with Crippen LogP contribution in [0.15, 0.2) is 10.9 Å². The average molecular weight is 185 g/mol. The molecule has 0 unspecified atom stereocenters. The predicted molar refractivity (Wildman–Crippen MR) is 51.3 cm³/mol. The number of hydrogen-bond donors (Lipinski definition) is 0.